The Morgan fingerprint density at radius 3 is 2.32 bits per heavy atom. The summed E-state index contributed by atoms with van der Waals surface area (Å²) in [5.41, 5.74) is 2.01. The fourth-order valence-electron chi connectivity index (χ4n) is 2.46. The van der Waals surface area contributed by atoms with Gasteiger partial charge in [-0.25, -0.2) is 0 Å². The fourth-order valence-corrected chi connectivity index (χ4v) is 2.46. The molecule has 0 bridgehead atoms. The van der Waals surface area contributed by atoms with Gasteiger partial charge in [0.1, 0.15) is 0 Å². The highest BCUT2D eigenvalue weighted by Crippen LogP contribution is 2.35. The van der Waals surface area contributed by atoms with Gasteiger partial charge < -0.3 is 10.6 Å². The molecule has 0 atom stereocenters. The highest BCUT2D eigenvalue weighted by atomic mass is 16.1. The fraction of sp³-hybridized carbons (Fsp3) is 0.562. The largest absolute Gasteiger partial charge is 0.382 e. The average Bonchev–Trinajstić information content (AvgIpc) is 2.34. The van der Waals surface area contributed by atoms with E-state index in [-0.39, 0.29) is 5.91 Å². The Morgan fingerprint density at radius 1 is 1.21 bits per heavy atom. The van der Waals surface area contributed by atoms with Gasteiger partial charge in [-0.15, -0.1) is 0 Å². The molecule has 1 aromatic carbocycles. The number of anilines is 2. The molecule has 0 saturated heterocycles. The standard InChI is InChI=1S/C16H24N2O/c1-4-16(19)18-14-7-5-13(6-8-14)17-15-9-12(10-15)11(2)3/h5-8,11-12,15,17H,4,9-10H2,1-3H3,(H,18,19). The summed E-state index contributed by atoms with van der Waals surface area (Å²) in [5.74, 6) is 1.73. The van der Waals surface area contributed by atoms with Gasteiger partial charge in [0.2, 0.25) is 5.91 Å². The van der Waals surface area contributed by atoms with Crippen molar-refractivity contribution in [1.29, 1.82) is 0 Å². The molecule has 1 saturated carbocycles. The van der Waals surface area contributed by atoms with Gasteiger partial charge in [0.15, 0.2) is 0 Å². The normalized spacial score (nSPS) is 21.9. The molecule has 1 aliphatic rings. The second-order valence-electron chi connectivity index (χ2n) is 5.80. The monoisotopic (exact) mass is 260 g/mol. The molecule has 0 heterocycles. The Bertz CT molecular complexity index is 419. The SMILES string of the molecule is CCC(=O)Nc1ccc(NC2CC(C(C)C)C2)cc1. The molecule has 1 fully saturated rings. The van der Waals surface area contributed by atoms with Crippen molar-refractivity contribution >= 4 is 17.3 Å². The molecule has 0 spiro atoms. The molecule has 3 heteroatoms. The molecular formula is C16H24N2O. The van der Waals surface area contributed by atoms with Crippen molar-refractivity contribution in [3.05, 3.63) is 24.3 Å². The van der Waals surface area contributed by atoms with Gasteiger partial charge >= 0.3 is 0 Å². The molecule has 104 valence electrons. The van der Waals surface area contributed by atoms with Crippen LogP contribution in [0.25, 0.3) is 0 Å². The third-order valence-corrected chi connectivity index (χ3v) is 3.98. The van der Waals surface area contributed by atoms with E-state index in [9.17, 15) is 4.79 Å². The first-order valence-corrected chi connectivity index (χ1v) is 7.25. The molecule has 0 unspecified atom stereocenters. The van der Waals surface area contributed by atoms with E-state index in [0.717, 1.165) is 23.2 Å². The molecule has 1 aromatic rings. The van der Waals surface area contributed by atoms with Crippen LogP contribution in [0.5, 0.6) is 0 Å². The van der Waals surface area contributed by atoms with E-state index in [1.165, 1.54) is 12.8 Å². The minimum atomic E-state index is 0.0551. The third kappa shape index (κ3) is 3.72. The number of carbonyl (C=O) groups is 1. The van der Waals surface area contributed by atoms with Crippen LogP contribution in [-0.2, 0) is 4.79 Å². The number of nitrogens with one attached hydrogen (secondary N) is 2. The summed E-state index contributed by atoms with van der Waals surface area (Å²) < 4.78 is 0. The summed E-state index contributed by atoms with van der Waals surface area (Å²) in [6.45, 7) is 6.45. The molecule has 2 rings (SSSR count). The lowest BCUT2D eigenvalue weighted by atomic mass is 9.73. The van der Waals surface area contributed by atoms with E-state index in [0.29, 0.717) is 12.5 Å². The van der Waals surface area contributed by atoms with E-state index in [4.69, 9.17) is 0 Å². The highest BCUT2D eigenvalue weighted by molar-refractivity contribution is 5.90. The van der Waals surface area contributed by atoms with Crippen molar-refractivity contribution < 1.29 is 4.79 Å². The zero-order valence-electron chi connectivity index (χ0n) is 12.1. The predicted octanol–water partition coefficient (Wildman–Crippen LogP) is 3.88. The quantitative estimate of drug-likeness (QED) is 0.843. The molecule has 1 amide bonds. The van der Waals surface area contributed by atoms with E-state index >= 15 is 0 Å². The molecule has 19 heavy (non-hydrogen) atoms. The highest BCUT2D eigenvalue weighted by Gasteiger charge is 2.30. The van der Waals surface area contributed by atoms with Crippen LogP contribution in [0, 0.1) is 11.8 Å². The molecule has 2 N–H and O–H groups in total. The Hall–Kier alpha value is -1.51. The van der Waals surface area contributed by atoms with Crippen LogP contribution in [-0.4, -0.2) is 11.9 Å². The Balaban J connectivity index is 1.81. The van der Waals surface area contributed by atoms with Gasteiger partial charge in [-0.1, -0.05) is 20.8 Å². The third-order valence-electron chi connectivity index (χ3n) is 3.98. The average molecular weight is 260 g/mol. The summed E-state index contributed by atoms with van der Waals surface area (Å²) in [4.78, 5) is 11.3. The number of hydrogen-bond donors (Lipinski definition) is 2. The summed E-state index contributed by atoms with van der Waals surface area (Å²) in [6, 6.07) is 8.59. The number of rotatable bonds is 5. The van der Waals surface area contributed by atoms with Crippen LogP contribution in [0.1, 0.15) is 40.0 Å². The van der Waals surface area contributed by atoms with Crippen molar-refractivity contribution in [2.75, 3.05) is 10.6 Å². The van der Waals surface area contributed by atoms with Gasteiger partial charge in [0, 0.05) is 23.8 Å². The summed E-state index contributed by atoms with van der Waals surface area (Å²) in [5, 5.41) is 6.40. The van der Waals surface area contributed by atoms with E-state index < -0.39 is 0 Å². The Labute approximate surface area is 115 Å². The molecule has 0 radical (unpaired) electrons. The molecule has 3 nitrogen and oxygen atoms in total. The van der Waals surface area contributed by atoms with Crippen LogP contribution in [0.4, 0.5) is 11.4 Å². The molecule has 0 aliphatic heterocycles. The van der Waals surface area contributed by atoms with Gasteiger partial charge in [0.25, 0.3) is 0 Å². The van der Waals surface area contributed by atoms with Crippen LogP contribution in [0.2, 0.25) is 0 Å². The minimum absolute atomic E-state index is 0.0551. The molecule has 1 aliphatic carbocycles. The van der Waals surface area contributed by atoms with Crippen LogP contribution < -0.4 is 10.6 Å². The maximum atomic E-state index is 11.3. The Morgan fingerprint density at radius 2 is 1.79 bits per heavy atom. The predicted molar refractivity (Wildman–Crippen MR) is 80.3 cm³/mol. The van der Waals surface area contributed by atoms with Crippen molar-refractivity contribution in [3.63, 3.8) is 0 Å². The first kappa shape index (κ1) is 13.9. The van der Waals surface area contributed by atoms with Crippen LogP contribution in [0.3, 0.4) is 0 Å². The van der Waals surface area contributed by atoms with E-state index in [1.807, 2.05) is 31.2 Å². The maximum Gasteiger partial charge on any atom is 0.224 e. The number of hydrogen-bond acceptors (Lipinski definition) is 2. The lowest BCUT2D eigenvalue weighted by Crippen LogP contribution is -2.37. The molecule has 0 aromatic heterocycles. The smallest absolute Gasteiger partial charge is 0.224 e. The summed E-state index contributed by atoms with van der Waals surface area (Å²) in [6.07, 6.45) is 3.05. The minimum Gasteiger partial charge on any atom is -0.382 e. The first-order valence-electron chi connectivity index (χ1n) is 7.25. The second kappa shape index (κ2) is 6.09. The van der Waals surface area contributed by atoms with Crippen molar-refractivity contribution in [3.8, 4) is 0 Å². The Kier molecular flexibility index (Phi) is 4.46. The van der Waals surface area contributed by atoms with Gasteiger partial charge in [-0.2, -0.15) is 0 Å². The summed E-state index contributed by atoms with van der Waals surface area (Å²) in [7, 11) is 0. The van der Waals surface area contributed by atoms with Gasteiger partial charge in [-0.3, -0.25) is 4.79 Å². The number of amides is 1. The maximum absolute atomic E-state index is 11.3. The van der Waals surface area contributed by atoms with Crippen LogP contribution >= 0.6 is 0 Å². The zero-order valence-corrected chi connectivity index (χ0v) is 12.1. The van der Waals surface area contributed by atoms with E-state index in [2.05, 4.69) is 24.5 Å². The lowest BCUT2D eigenvalue weighted by molar-refractivity contribution is -0.115. The molecular weight excluding hydrogens is 236 g/mol. The van der Waals surface area contributed by atoms with Crippen molar-refractivity contribution in [1.82, 2.24) is 0 Å². The summed E-state index contributed by atoms with van der Waals surface area (Å²) >= 11 is 0. The van der Waals surface area contributed by atoms with Gasteiger partial charge in [0.05, 0.1) is 0 Å². The van der Waals surface area contributed by atoms with Crippen molar-refractivity contribution in [2.45, 2.75) is 46.1 Å². The van der Waals surface area contributed by atoms with Crippen LogP contribution in [0.15, 0.2) is 24.3 Å². The number of benzene rings is 1. The van der Waals surface area contributed by atoms with Crippen molar-refractivity contribution in [2.24, 2.45) is 11.8 Å². The number of carbonyl (C=O) groups excluding carboxylic acids is 1. The lowest BCUT2D eigenvalue weighted by Gasteiger charge is -2.39. The topological polar surface area (TPSA) is 41.1 Å². The van der Waals surface area contributed by atoms with E-state index in [1.54, 1.807) is 0 Å². The second-order valence-corrected chi connectivity index (χ2v) is 5.80. The van der Waals surface area contributed by atoms with Gasteiger partial charge in [-0.05, 0) is 48.9 Å². The first-order chi connectivity index (χ1) is 9.08. The zero-order chi connectivity index (χ0) is 13.8.